The van der Waals surface area contributed by atoms with Gasteiger partial charge in [0.05, 0.1) is 31.9 Å². The molecule has 2 aromatic rings. The van der Waals surface area contributed by atoms with Crippen LogP contribution in [0.15, 0.2) is 54.1 Å². The molecule has 0 saturated carbocycles. The van der Waals surface area contributed by atoms with Gasteiger partial charge in [-0.15, -0.1) is 0 Å². The average molecular weight is 440 g/mol. The van der Waals surface area contributed by atoms with Crippen LogP contribution in [0.3, 0.4) is 0 Å². The van der Waals surface area contributed by atoms with E-state index in [-0.39, 0.29) is 17.4 Å². The largest absolute Gasteiger partial charge is 0.507 e. The van der Waals surface area contributed by atoms with Crippen molar-refractivity contribution in [2.24, 2.45) is 0 Å². The highest BCUT2D eigenvalue weighted by atomic mass is 16.5. The fraction of sp³-hybridized carbons (Fsp3) is 0.360. The average Bonchev–Trinajstić information content (AvgIpc) is 3.06. The van der Waals surface area contributed by atoms with Gasteiger partial charge in [-0.2, -0.15) is 0 Å². The first-order valence-corrected chi connectivity index (χ1v) is 10.6. The summed E-state index contributed by atoms with van der Waals surface area (Å²) >= 11 is 0. The number of amides is 1. The predicted octanol–water partition coefficient (Wildman–Crippen LogP) is 3.94. The highest BCUT2D eigenvalue weighted by Crippen LogP contribution is 2.40. The maximum atomic E-state index is 13.1. The zero-order valence-electron chi connectivity index (χ0n) is 18.8. The Hall–Kier alpha value is -3.32. The molecule has 1 N–H and O–H groups in total. The maximum absolute atomic E-state index is 13.1. The minimum absolute atomic E-state index is 0.0429. The Labute approximate surface area is 188 Å². The second kappa shape index (κ2) is 10.3. The minimum Gasteiger partial charge on any atom is -0.507 e. The van der Waals surface area contributed by atoms with Gasteiger partial charge in [-0.25, -0.2) is 0 Å². The molecule has 0 aliphatic carbocycles. The fourth-order valence-corrected chi connectivity index (χ4v) is 3.75. The molecule has 1 unspecified atom stereocenters. The van der Waals surface area contributed by atoms with E-state index in [4.69, 9.17) is 14.2 Å². The number of benzene rings is 2. The van der Waals surface area contributed by atoms with Gasteiger partial charge >= 0.3 is 0 Å². The van der Waals surface area contributed by atoms with Crippen molar-refractivity contribution in [3.8, 4) is 11.5 Å². The molecule has 0 radical (unpaired) electrons. The summed E-state index contributed by atoms with van der Waals surface area (Å²) in [7, 11) is 3.07. The first-order valence-electron chi connectivity index (χ1n) is 10.6. The van der Waals surface area contributed by atoms with E-state index in [1.165, 1.54) is 12.0 Å². The number of rotatable bonds is 9. The van der Waals surface area contributed by atoms with Crippen molar-refractivity contribution in [1.82, 2.24) is 4.90 Å². The second-order valence-corrected chi connectivity index (χ2v) is 7.77. The molecule has 32 heavy (non-hydrogen) atoms. The lowest BCUT2D eigenvalue weighted by molar-refractivity contribution is -0.140. The van der Waals surface area contributed by atoms with Crippen LogP contribution in [0, 0.1) is 0 Å². The Morgan fingerprint density at radius 2 is 1.69 bits per heavy atom. The van der Waals surface area contributed by atoms with Crippen LogP contribution >= 0.6 is 0 Å². The third-order valence-electron chi connectivity index (χ3n) is 5.29. The molecular weight excluding hydrogens is 410 g/mol. The number of aliphatic hydroxyl groups excluding tert-OH is 1. The standard InChI is InChI=1S/C25H29NO6/c1-16(2)32-13-7-12-26-22(17-8-5-10-19(14-17)30-3)21(24(28)25(26)29)23(27)18-9-6-11-20(15-18)31-4/h5-6,8-11,14-16,22,27H,7,12-13H2,1-4H3/b23-21-. The summed E-state index contributed by atoms with van der Waals surface area (Å²) in [4.78, 5) is 27.5. The molecular formula is C25H29NO6. The Morgan fingerprint density at radius 1 is 1.03 bits per heavy atom. The number of nitrogens with zero attached hydrogens (tertiary/aromatic N) is 1. The van der Waals surface area contributed by atoms with Crippen LogP contribution in [0.5, 0.6) is 11.5 Å². The number of ketones is 1. The number of methoxy groups -OCH3 is 2. The predicted molar refractivity (Wildman–Crippen MR) is 121 cm³/mol. The Morgan fingerprint density at radius 3 is 2.34 bits per heavy atom. The van der Waals surface area contributed by atoms with Crippen LogP contribution in [0.2, 0.25) is 0 Å². The molecule has 7 nitrogen and oxygen atoms in total. The summed E-state index contributed by atoms with van der Waals surface area (Å²) < 4.78 is 16.2. The number of aliphatic hydroxyl groups is 1. The van der Waals surface area contributed by atoms with Gasteiger partial charge in [0.25, 0.3) is 11.7 Å². The topological polar surface area (TPSA) is 85.3 Å². The zero-order valence-corrected chi connectivity index (χ0v) is 18.8. The van der Waals surface area contributed by atoms with Gasteiger partial charge in [0.1, 0.15) is 17.3 Å². The number of Topliss-reactive ketones (excluding diaryl/α,β-unsaturated/α-hetero) is 1. The molecule has 1 saturated heterocycles. The van der Waals surface area contributed by atoms with Crippen LogP contribution in [0.25, 0.3) is 5.76 Å². The van der Waals surface area contributed by atoms with Gasteiger partial charge in [0.15, 0.2) is 0 Å². The molecule has 0 spiro atoms. The molecule has 3 rings (SSSR count). The van der Waals surface area contributed by atoms with E-state index < -0.39 is 17.7 Å². The summed E-state index contributed by atoms with van der Waals surface area (Å²) in [5.74, 6) is -0.476. The molecule has 1 atom stereocenters. The first-order chi connectivity index (χ1) is 15.4. The third kappa shape index (κ3) is 4.94. The van der Waals surface area contributed by atoms with Crippen LogP contribution in [-0.4, -0.2) is 55.2 Å². The fourth-order valence-electron chi connectivity index (χ4n) is 3.75. The highest BCUT2D eigenvalue weighted by molar-refractivity contribution is 6.46. The van der Waals surface area contributed by atoms with E-state index in [2.05, 4.69) is 0 Å². The molecule has 0 aromatic heterocycles. The van der Waals surface area contributed by atoms with E-state index in [1.54, 1.807) is 49.6 Å². The smallest absolute Gasteiger partial charge is 0.295 e. The van der Waals surface area contributed by atoms with Crippen molar-refractivity contribution in [2.75, 3.05) is 27.4 Å². The van der Waals surface area contributed by atoms with Gasteiger partial charge < -0.3 is 24.2 Å². The Balaban J connectivity index is 2.06. The summed E-state index contributed by atoms with van der Waals surface area (Å²) in [6.45, 7) is 4.66. The van der Waals surface area contributed by atoms with Crippen molar-refractivity contribution in [3.63, 3.8) is 0 Å². The van der Waals surface area contributed by atoms with Crippen molar-refractivity contribution in [1.29, 1.82) is 0 Å². The quantitative estimate of drug-likeness (QED) is 0.276. The van der Waals surface area contributed by atoms with Gasteiger partial charge in [-0.05, 0) is 50.1 Å². The minimum atomic E-state index is -0.740. The lowest BCUT2D eigenvalue weighted by Gasteiger charge is -2.25. The molecule has 1 amide bonds. The van der Waals surface area contributed by atoms with E-state index in [1.807, 2.05) is 19.9 Å². The summed E-state index contributed by atoms with van der Waals surface area (Å²) in [6.07, 6.45) is 0.637. The number of carbonyl (C=O) groups excluding carboxylic acids is 2. The maximum Gasteiger partial charge on any atom is 0.295 e. The summed E-state index contributed by atoms with van der Waals surface area (Å²) in [5, 5.41) is 11.1. The van der Waals surface area contributed by atoms with E-state index in [0.717, 1.165) is 0 Å². The van der Waals surface area contributed by atoms with Crippen molar-refractivity contribution in [3.05, 3.63) is 65.2 Å². The lowest BCUT2D eigenvalue weighted by atomic mass is 9.95. The number of likely N-dealkylation sites (tertiary alicyclic amines) is 1. The van der Waals surface area contributed by atoms with Crippen molar-refractivity contribution < 1.29 is 28.9 Å². The molecule has 1 aliphatic rings. The zero-order chi connectivity index (χ0) is 23.3. The molecule has 2 aromatic carbocycles. The lowest BCUT2D eigenvalue weighted by Crippen LogP contribution is -2.31. The first kappa shape index (κ1) is 23.3. The molecule has 7 heteroatoms. The van der Waals surface area contributed by atoms with Crippen molar-refractivity contribution in [2.45, 2.75) is 32.4 Å². The van der Waals surface area contributed by atoms with Crippen LogP contribution in [0.4, 0.5) is 0 Å². The number of carbonyl (C=O) groups is 2. The number of ether oxygens (including phenoxy) is 3. The third-order valence-corrected chi connectivity index (χ3v) is 5.29. The van der Waals surface area contributed by atoms with E-state index >= 15 is 0 Å². The van der Waals surface area contributed by atoms with Gasteiger partial charge in [-0.1, -0.05) is 24.3 Å². The molecule has 0 bridgehead atoms. The molecule has 1 heterocycles. The van der Waals surface area contributed by atoms with Crippen LogP contribution < -0.4 is 9.47 Å². The van der Waals surface area contributed by atoms with Gasteiger partial charge in [0, 0.05) is 18.7 Å². The monoisotopic (exact) mass is 439 g/mol. The molecule has 1 aliphatic heterocycles. The highest BCUT2D eigenvalue weighted by Gasteiger charge is 2.45. The van der Waals surface area contributed by atoms with Crippen LogP contribution in [-0.2, 0) is 14.3 Å². The number of hydrogen-bond donors (Lipinski definition) is 1. The normalized spacial score (nSPS) is 17.8. The molecule has 170 valence electrons. The van der Waals surface area contributed by atoms with Gasteiger partial charge in [-0.3, -0.25) is 9.59 Å². The number of hydrogen-bond acceptors (Lipinski definition) is 6. The van der Waals surface area contributed by atoms with Crippen LogP contribution in [0.1, 0.15) is 37.4 Å². The molecule has 1 fully saturated rings. The summed E-state index contributed by atoms with van der Waals surface area (Å²) in [5.41, 5.74) is 1.12. The summed E-state index contributed by atoms with van der Waals surface area (Å²) in [6, 6.07) is 13.2. The van der Waals surface area contributed by atoms with Gasteiger partial charge in [0.2, 0.25) is 0 Å². The Bertz CT molecular complexity index is 1010. The van der Waals surface area contributed by atoms with E-state index in [9.17, 15) is 14.7 Å². The van der Waals surface area contributed by atoms with Crippen molar-refractivity contribution >= 4 is 17.4 Å². The Kier molecular flexibility index (Phi) is 7.53. The SMILES string of the molecule is COc1cccc(/C(O)=C2/C(=O)C(=O)N(CCCOC(C)C)C2c2cccc(OC)c2)c1. The second-order valence-electron chi connectivity index (χ2n) is 7.77. The van der Waals surface area contributed by atoms with E-state index in [0.29, 0.717) is 42.2 Å².